The fourth-order valence-electron chi connectivity index (χ4n) is 2.84. The highest BCUT2D eigenvalue weighted by Crippen LogP contribution is 2.24. The largest absolute Gasteiger partial charge is 0.549 e. The first-order valence-electron chi connectivity index (χ1n) is 8.97. The van der Waals surface area contributed by atoms with Gasteiger partial charge in [0, 0.05) is 11.5 Å². The molecule has 0 aliphatic heterocycles. The minimum Gasteiger partial charge on any atom is -0.549 e. The molecule has 29 heavy (non-hydrogen) atoms. The number of carboxylic acids is 1. The molecular weight excluding hydrogens is 396 g/mol. The van der Waals surface area contributed by atoms with Gasteiger partial charge in [0.05, 0.1) is 16.4 Å². The van der Waals surface area contributed by atoms with Gasteiger partial charge in [0.15, 0.2) is 6.61 Å². The van der Waals surface area contributed by atoms with Gasteiger partial charge in [0.1, 0.15) is 5.75 Å². The highest BCUT2D eigenvalue weighted by Gasteiger charge is 2.34. The molecule has 9 heteroatoms. The van der Waals surface area contributed by atoms with Crippen LogP contribution in [-0.2, 0) is 19.6 Å². The summed E-state index contributed by atoms with van der Waals surface area (Å²) in [6.07, 6.45) is 6.24. The molecule has 0 spiro atoms. The molecule has 1 aliphatic rings. The molecule has 0 bridgehead atoms. The molecule has 2 rings (SSSR count). The average Bonchev–Trinajstić information content (AvgIpc) is 2.58. The highest BCUT2D eigenvalue weighted by atomic mass is 32.2. The molecule has 158 valence electrons. The third-order valence-corrected chi connectivity index (χ3v) is 5.88. The lowest BCUT2D eigenvalue weighted by Crippen LogP contribution is -2.56. The summed E-state index contributed by atoms with van der Waals surface area (Å²) in [7, 11) is -3.67. The first-order valence-corrected chi connectivity index (χ1v) is 10.5. The molecule has 0 heterocycles. The van der Waals surface area contributed by atoms with Crippen molar-refractivity contribution >= 4 is 21.9 Å². The number of carbonyl (C=O) groups excluding carboxylic acids is 2. The summed E-state index contributed by atoms with van der Waals surface area (Å²) < 4.78 is 32.5. The number of hydrogen-bond acceptors (Lipinski definition) is 6. The van der Waals surface area contributed by atoms with Gasteiger partial charge >= 0.3 is 0 Å². The van der Waals surface area contributed by atoms with E-state index in [1.54, 1.807) is 45.9 Å². The molecule has 1 aromatic rings. The number of amides is 1. The van der Waals surface area contributed by atoms with Crippen molar-refractivity contribution in [2.45, 2.75) is 43.7 Å². The van der Waals surface area contributed by atoms with Gasteiger partial charge in [-0.25, -0.2) is 13.1 Å². The minimum atomic E-state index is -3.67. The number of aliphatic carboxylic acids is 1. The number of ether oxygens (including phenoxy) is 1. The van der Waals surface area contributed by atoms with Crippen molar-refractivity contribution in [3.8, 4) is 5.75 Å². The van der Waals surface area contributed by atoms with Gasteiger partial charge in [-0.15, -0.1) is 0 Å². The number of carbonyl (C=O) groups is 2. The van der Waals surface area contributed by atoms with Crippen LogP contribution < -0.4 is 19.9 Å². The van der Waals surface area contributed by atoms with E-state index in [2.05, 4.69) is 10.0 Å². The van der Waals surface area contributed by atoms with Gasteiger partial charge in [0.2, 0.25) is 10.0 Å². The molecule has 8 nitrogen and oxygen atoms in total. The topological polar surface area (TPSA) is 125 Å². The van der Waals surface area contributed by atoms with E-state index in [0.29, 0.717) is 5.75 Å². The second-order valence-electron chi connectivity index (χ2n) is 7.99. The Kier molecular flexibility index (Phi) is 6.54. The van der Waals surface area contributed by atoms with Crippen LogP contribution in [0.2, 0.25) is 0 Å². The van der Waals surface area contributed by atoms with Crippen LogP contribution >= 0.6 is 0 Å². The van der Waals surface area contributed by atoms with E-state index in [-0.39, 0.29) is 11.5 Å². The molecule has 2 N–H and O–H groups in total. The van der Waals surface area contributed by atoms with Crippen molar-refractivity contribution < 1.29 is 27.9 Å². The monoisotopic (exact) mass is 421 g/mol. The molecule has 0 radical (unpaired) electrons. The van der Waals surface area contributed by atoms with Crippen LogP contribution in [-0.4, -0.2) is 38.0 Å². The second kappa shape index (κ2) is 8.38. The predicted octanol–water partition coefficient (Wildman–Crippen LogP) is 0.509. The van der Waals surface area contributed by atoms with E-state index in [4.69, 9.17) is 4.74 Å². The Balaban J connectivity index is 1.98. The van der Waals surface area contributed by atoms with E-state index in [1.165, 1.54) is 30.3 Å². The van der Waals surface area contributed by atoms with Crippen molar-refractivity contribution in [1.82, 2.24) is 10.0 Å². The summed E-state index contributed by atoms with van der Waals surface area (Å²) in [5.41, 5.74) is -1.75. The molecule has 2 atom stereocenters. The summed E-state index contributed by atoms with van der Waals surface area (Å²) in [4.78, 5) is 23.6. The van der Waals surface area contributed by atoms with Gasteiger partial charge in [-0.1, -0.05) is 24.3 Å². The van der Waals surface area contributed by atoms with Crippen LogP contribution in [0.4, 0.5) is 0 Å². The lowest BCUT2D eigenvalue weighted by molar-refractivity contribution is -0.311. The zero-order valence-electron chi connectivity index (χ0n) is 16.8. The van der Waals surface area contributed by atoms with Crippen LogP contribution in [0.25, 0.3) is 0 Å². The lowest BCUT2D eigenvalue weighted by Gasteiger charge is -2.36. The smallest absolute Gasteiger partial charge is 0.258 e. The quantitative estimate of drug-likeness (QED) is 0.661. The van der Waals surface area contributed by atoms with Crippen molar-refractivity contribution in [2.75, 3.05) is 6.61 Å². The van der Waals surface area contributed by atoms with Gasteiger partial charge < -0.3 is 20.0 Å². The Morgan fingerprint density at radius 3 is 2.34 bits per heavy atom. The summed E-state index contributed by atoms with van der Waals surface area (Å²) in [5, 5.41) is 13.9. The van der Waals surface area contributed by atoms with E-state index < -0.39 is 38.9 Å². The van der Waals surface area contributed by atoms with E-state index in [9.17, 15) is 23.1 Å². The number of rotatable bonds is 7. The van der Waals surface area contributed by atoms with Crippen molar-refractivity contribution in [3.63, 3.8) is 0 Å². The second-order valence-corrected chi connectivity index (χ2v) is 9.67. The standard InChI is InChI=1S/C20H26N2O6S/c1-19(2,3)22-29(26,27)15-10-8-14(9-11-15)28-13-17(23)21-20(4)12-6-5-7-16(20)18(24)25/h5-12,16,22H,13H2,1-4H3,(H,21,23)(H,24,25)/p-1. The molecule has 2 unspecified atom stereocenters. The maximum Gasteiger partial charge on any atom is 0.258 e. The van der Waals surface area contributed by atoms with E-state index >= 15 is 0 Å². The Bertz CT molecular complexity index is 929. The summed E-state index contributed by atoms with van der Waals surface area (Å²) in [6.45, 7) is 6.43. The van der Waals surface area contributed by atoms with Gasteiger partial charge in [-0.3, -0.25) is 4.79 Å². The Morgan fingerprint density at radius 2 is 1.79 bits per heavy atom. The Labute approximate surface area is 170 Å². The van der Waals surface area contributed by atoms with Crippen molar-refractivity contribution in [3.05, 3.63) is 48.6 Å². The van der Waals surface area contributed by atoms with Crippen LogP contribution in [0.15, 0.2) is 53.5 Å². The molecule has 0 fully saturated rings. The number of sulfonamides is 1. The normalized spacial score (nSPS) is 21.6. The van der Waals surface area contributed by atoms with Crippen LogP contribution in [0.1, 0.15) is 27.7 Å². The Hall–Kier alpha value is -2.65. The summed E-state index contributed by atoms with van der Waals surface area (Å²) in [6, 6.07) is 5.64. The van der Waals surface area contributed by atoms with Gasteiger partial charge in [-0.05, 0) is 52.0 Å². The average molecular weight is 421 g/mol. The first kappa shape index (κ1) is 22.6. The lowest BCUT2D eigenvalue weighted by atomic mass is 9.82. The first-order chi connectivity index (χ1) is 13.3. The minimum absolute atomic E-state index is 0.0765. The number of allylic oxidation sites excluding steroid dienone is 2. The molecular formula is C20H25N2O6S-. The van der Waals surface area contributed by atoms with E-state index in [0.717, 1.165) is 0 Å². The number of nitrogens with one attached hydrogen (secondary N) is 2. The zero-order valence-corrected chi connectivity index (χ0v) is 17.6. The molecule has 1 aromatic carbocycles. The molecule has 1 aliphatic carbocycles. The molecule has 0 saturated carbocycles. The highest BCUT2D eigenvalue weighted by molar-refractivity contribution is 7.89. The maximum atomic E-state index is 12.3. The van der Waals surface area contributed by atoms with Crippen LogP contribution in [0, 0.1) is 5.92 Å². The summed E-state index contributed by atoms with van der Waals surface area (Å²) >= 11 is 0. The van der Waals surface area contributed by atoms with Crippen LogP contribution in [0.3, 0.4) is 0 Å². The number of carboxylic acid groups (broad SMARTS) is 1. The third kappa shape index (κ3) is 6.16. The maximum absolute atomic E-state index is 12.3. The van der Waals surface area contributed by atoms with Gasteiger partial charge in [0.25, 0.3) is 5.91 Å². The summed E-state index contributed by atoms with van der Waals surface area (Å²) in [5.74, 6) is -2.52. The fourth-order valence-corrected chi connectivity index (χ4v) is 4.26. The zero-order chi connectivity index (χ0) is 21.9. The molecule has 0 saturated heterocycles. The SMILES string of the molecule is CC(C)(C)NS(=O)(=O)c1ccc(OCC(=O)NC2(C)C=CC=CC2C(=O)[O-])cc1. The number of benzene rings is 1. The fraction of sp³-hybridized carbons (Fsp3) is 0.400. The molecule has 1 amide bonds. The van der Waals surface area contributed by atoms with Crippen molar-refractivity contribution in [2.24, 2.45) is 5.92 Å². The van der Waals surface area contributed by atoms with E-state index in [1.807, 2.05) is 0 Å². The third-order valence-electron chi connectivity index (χ3n) is 4.11. The van der Waals surface area contributed by atoms with Crippen LogP contribution in [0.5, 0.6) is 5.75 Å². The Morgan fingerprint density at radius 1 is 1.17 bits per heavy atom. The predicted molar refractivity (Wildman–Crippen MR) is 105 cm³/mol. The van der Waals surface area contributed by atoms with Gasteiger partial charge in [-0.2, -0.15) is 0 Å². The van der Waals surface area contributed by atoms with Crippen molar-refractivity contribution in [1.29, 1.82) is 0 Å². The number of hydrogen-bond donors (Lipinski definition) is 2. The molecule has 0 aromatic heterocycles.